The number of nitrogens with one attached hydrogen (secondary N) is 1. The van der Waals surface area contributed by atoms with Crippen LogP contribution in [0.25, 0.3) is 0 Å². The van der Waals surface area contributed by atoms with Crippen LogP contribution in [0.5, 0.6) is 5.75 Å². The van der Waals surface area contributed by atoms with Crippen molar-refractivity contribution in [1.82, 2.24) is 0 Å². The van der Waals surface area contributed by atoms with Gasteiger partial charge in [-0.15, -0.1) is 0 Å². The Bertz CT molecular complexity index is 653. The number of anilines is 1. The van der Waals surface area contributed by atoms with Crippen LogP contribution in [0, 0.1) is 0 Å². The van der Waals surface area contributed by atoms with Gasteiger partial charge in [0, 0.05) is 17.9 Å². The lowest BCUT2D eigenvalue weighted by molar-refractivity contribution is -0.114. The number of ether oxygens (including phenoxy) is 9. The Balaban J connectivity index is 1.70. The van der Waals surface area contributed by atoms with Gasteiger partial charge in [0.25, 0.3) is 0 Å². The molecule has 1 aromatic carbocycles. The van der Waals surface area contributed by atoms with E-state index in [1.165, 1.54) is 6.92 Å². The van der Waals surface area contributed by atoms with E-state index in [0.717, 1.165) is 16.8 Å². The number of amides is 1. The fourth-order valence-corrected chi connectivity index (χ4v) is 2.98. The molecule has 1 amide bonds. The normalized spacial score (nSPS) is 11.1. The maximum atomic E-state index is 11.0. The quantitative estimate of drug-likeness (QED) is 0.112. The molecule has 0 aromatic heterocycles. The van der Waals surface area contributed by atoms with E-state index < -0.39 is 0 Å². The molecular formula is C26H44BrNO10. The summed E-state index contributed by atoms with van der Waals surface area (Å²) >= 11 is 3.30. The lowest BCUT2D eigenvalue weighted by Gasteiger charge is -2.09. The smallest absolute Gasteiger partial charge is 0.221 e. The number of carbonyl (C=O) groups excluding carboxylic acids is 1. The first-order valence-electron chi connectivity index (χ1n) is 12.9. The minimum absolute atomic E-state index is 0.105. The van der Waals surface area contributed by atoms with Gasteiger partial charge in [0.2, 0.25) is 5.91 Å². The highest BCUT2D eigenvalue weighted by molar-refractivity contribution is 9.09. The number of benzene rings is 1. The van der Waals surface area contributed by atoms with E-state index in [1.54, 1.807) is 24.3 Å². The molecule has 0 bridgehead atoms. The van der Waals surface area contributed by atoms with Gasteiger partial charge >= 0.3 is 0 Å². The molecule has 0 spiro atoms. The Hall–Kier alpha value is -1.35. The van der Waals surface area contributed by atoms with Gasteiger partial charge in [0.05, 0.1) is 106 Å². The first-order chi connectivity index (χ1) is 18.7. The molecule has 0 saturated carbocycles. The third kappa shape index (κ3) is 23.7. The van der Waals surface area contributed by atoms with E-state index in [1.807, 2.05) is 0 Å². The zero-order chi connectivity index (χ0) is 27.4. The zero-order valence-corrected chi connectivity index (χ0v) is 24.1. The Labute approximate surface area is 234 Å². The molecule has 0 aliphatic heterocycles. The Morgan fingerprint density at radius 3 is 1.18 bits per heavy atom. The van der Waals surface area contributed by atoms with Crippen molar-refractivity contribution in [3.63, 3.8) is 0 Å². The van der Waals surface area contributed by atoms with E-state index in [2.05, 4.69) is 21.2 Å². The predicted molar refractivity (Wildman–Crippen MR) is 147 cm³/mol. The average molecular weight is 611 g/mol. The summed E-state index contributed by atoms with van der Waals surface area (Å²) in [6.45, 7) is 10.4. The molecule has 0 saturated heterocycles. The molecule has 0 heterocycles. The second kappa shape index (κ2) is 27.2. The van der Waals surface area contributed by atoms with Gasteiger partial charge in [0.15, 0.2) is 0 Å². The maximum Gasteiger partial charge on any atom is 0.221 e. The predicted octanol–water partition coefficient (Wildman–Crippen LogP) is 2.55. The van der Waals surface area contributed by atoms with Gasteiger partial charge in [-0.1, -0.05) is 15.9 Å². The SMILES string of the molecule is CC(=O)Nc1ccc(OCCOCCOCCOCCOCCOCCOCCOCCOCCBr)cc1. The van der Waals surface area contributed by atoms with E-state index in [-0.39, 0.29) is 5.91 Å². The highest BCUT2D eigenvalue weighted by Gasteiger charge is 1.98. The molecule has 1 rings (SSSR count). The number of alkyl halides is 1. The first-order valence-corrected chi connectivity index (χ1v) is 14.0. The third-order valence-electron chi connectivity index (χ3n) is 4.50. The largest absolute Gasteiger partial charge is 0.491 e. The van der Waals surface area contributed by atoms with Gasteiger partial charge in [0.1, 0.15) is 12.4 Å². The monoisotopic (exact) mass is 609 g/mol. The summed E-state index contributed by atoms with van der Waals surface area (Å²) in [7, 11) is 0. The summed E-state index contributed by atoms with van der Waals surface area (Å²) in [4.78, 5) is 11.0. The topological polar surface area (TPSA) is 112 Å². The molecule has 11 nitrogen and oxygen atoms in total. The van der Waals surface area contributed by atoms with Gasteiger partial charge < -0.3 is 47.9 Å². The van der Waals surface area contributed by atoms with Crippen molar-refractivity contribution >= 4 is 27.5 Å². The van der Waals surface area contributed by atoms with E-state index in [4.69, 9.17) is 42.6 Å². The lowest BCUT2D eigenvalue weighted by Crippen LogP contribution is -2.15. The molecule has 0 atom stereocenters. The molecule has 0 aliphatic carbocycles. The van der Waals surface area contributed by atoms with Crippen LogP contribution in [-0.4, -0.2) is 124 Å². The molecule has 0 unspecified atom stereocenters. The summed E-state index contributed by atoms with van der Waals surface area (Å²) in [5.41, 5.74) is 0.735. The van der Waals surface area contributed by atoms with Crippen molar-refractivity contribution in [2.45, 2.75) is 6.92 Å². The number of carbonyl (C=O) groups is 1. The van der Waals surface area contributed by atoms with Crippen LogP contribution in [0.1, 0.15) is 6.92 Å². The molecule has 38 heavy (non-hydrogen) atoms. The number of hydrogen-bond donors (Lipinski definition) is 1. The summed E-state index contributed by atoms with van der Waals surface area (Å²) < 4.78 is 49.0. The fraction of sp³-hybridized carbons (Fsp3) is 0.731. The van der Waals surface area contributed by atoms with Crippen LogP contribution >= 0.6 is 15.9 Å². The van der Waals surface area contributed by atoms with Crippen LogP contribution in [0.4, 0.5) is 5.69 Å². The van der Waals surface area contributed by atoms with Gasteiger partial charge in [-0.2, -0.15) is 0 Å². The van der Waals surface area contributed by atoms with Crippen molar-refractivity contribution < 1.29 is 47.4 Å². The Morgan fingerprint density at radius 2 is 0.868 bits per heavy atom. The standard InChI is InChI=1S/C26H44BrNO10/c1-24(29)28-25-2-4-26(5-3-25)38-23-22-37-21-20-36-19-18-35-17-16-34-15-14-33-13-12-32-11-10-31-9-8-30-7-6-27/h2-5H,6-23H2,1H3,(H,28,29). The molecule has 0 aliphatic rings. The lowest BCUT2D eigenvalue weighted by atomic mass is 10.3. The van der Waals surface area contributed by atoms with Crippen molar-refractivity contribution in [3.8, 4) is 5.75 Å². The molecule has 1 aromatic rings. The number of halogens is 1. The molecule has 220 valence electrons. The molecular weight excluding hydrogens is 566 g/mol. The fourth-order valence-electron chi connectivity index (χ4n) is 2.75. The summed E-state index contributed by atoms with van der Waals surface area (Å²) in [6.07, 6.45) is 0. The first kappa shape index (κ1) is 34.7. The van der Waals surface area contributed by atoms with Crippen LogP contribution in [-0.2, 0) is 42.7 Å². The van der Waals surface area contributed by atoms with E-state index in [9.17, 15) is 4.79 Å². The molecule has 12 heteroatoms. The molecule has 0 fully saturated rings. The average Bonchev–Trinajstić information content (AvgIpc) is 2.91. The highest BCUT2D eigenvalue weighted by Crippen LogP contribution is 2.15. The highest BCUT2D eigenvalue weighted by atomic mass is 79.9. The van der Waals surface area contributed by atoms with Gasteiger partial charge in [-0.25, -0.2) is 0 Å². The Morgan fingerprint density at radius 1 is 0.553 bits per heavy atom. The summed E-state index contributed by atoms with van der Waals surface area (Å²) in [5.74, 6) is 0.616. The minimum atomic E-state index is -0.105. The van der Waals surface area contributed by atoms with Crippen LogP contribution in [0.2, 0.25) is 0 Å². The third-order valence-corrected chi connectivity index (χ3v) is 4.82. The van der Waals surface area contributed by atoms with Gasteiger partial charge in [-0.05, 0) is 24.3 Å². The van der Waals surface area contributed by atoms with Crippen LogP contribution < -0.4 is 10.1 Å². The van der Waals surface area contributed by atoms with E-state index in [0.29, 0.717) is 112 Å². The second-order valence-corrected chi connectivity index (χ2v) is 8.43. The molecule has 0 radical (unpaired) electrons. The van der Waals surface area contributed by atoms with Crippen molar-refractivity contribution in [2.75, 3.05) is 123 Å². The van der Waals surface area contributed by atoms with Crippen LogP contribution in [0.15, 0.2) is 24.3 Å². The van der Waals surface area contributed by atoms with E-state index >= 15 is 0 Å². The minimum Gasteiger partial charge on any atom is -0.491 e. The van der Waals surface area contributed by atoms with Crippen molar-refractivity contribution in [2.24, 2.45) is 0 Å². The van der Waals surface area contributed by atoms with Gasteiger partial charge in [-0.3, -0.25) is 4.79 Å². The zero-order valence-electron chi connectivity index (χ0n) is 22.5. The summed E-state index contributed by atoms with van der Waals surface area (Å²) in [6, 6.07) is 7.18. The number of rotatable bonds is 28. The maximum absolute atomic E-state index is 11.0. The molecule has 1 N–H and O–H groups in total. The second-order valence-electron chi connectivity index (χ2n) is 7.64. The number of hydrogen-bond acceptors (Lipinski definition) is 10. The van der Waals surface area contributed by atoms with Crippen molar-refractivity contribution in [1.29, 1.82) is 0 Å². The van der Waals surface area contributed by atoms with Crippen LogP contribution in [0.3, 0.4) is 0 Å². The Kier molecular flexibility index (Phi) is 24.8. The summed E-state index contributed by atoms with van der Waals surface area (Å²) in [5, 5.41) is 3.54. The van der Waals surface area contributed by atoms with Crippen molar-refractivity contribution in [3.05, 3.63) is 24.3 Å².